The quantitative estimate of drug-likeness (QED) is 0.565. The molecule has 9 atom stereocenters. The SMILES string of the molecule is C=C1C2CCC34C1C3(C2)C(C(=O)O)C1C2(C)CCC(O)C14OC2=O. The molecule has 2 N–H and O–H groups in total. The molecule has 7 aliphatic rings. The van der Waals surface area contributed by atoms with Crippen molar-refractivity contribution in [2.45, 2.75) is 50.7 Å². The summed E-state index contributed by atoms with van der Waals surface area (Å²) in [6.07, 6.45) is 2.99. The van der Waals surface area contributed by atoms with Crippen LogP contribution in [-0.4, -0.2) is 33.9 Å². The van der Waals surface area contributed by atoms with Crippen molar-refractivity contribution in [3.8, 4) is 0 Å². The highest BCUT2D eigenvalue weighted by molar-refractivity contribution is 5.87. The molecule has 5 nitrogen and oxygen atoms in total. The molecule has 0 aromatic heterocycles. The zero-order chi connectivity index (χ0) is 16.9. The third kappa shape index (κ3) is 0.889. The molecule has 9 unspecified atom stereocenters. The number of aliphatic hydroxyl groups excluding tert-OH is 1. The van der Waals surface area contributed by atoms with Gasteiger partial charge in [-0.1, -0.05) is 12.2 Å². The molecule has 7 fully saturated rings. The number of hydrogen-bond donors (Lipinski definition) is 2. The largest absolute Gasteiger partial charge is 0.481 e. The van der Waals surface area contributed by atoms with Crippen LogP contribution in [0.2, 0.25) is 0 Å². The number of rotatable bonds is 1. The molecule has 1 aliphatic heterocycles. The lowest BCUT2D eigenvalue weighted by molar-refractivity contribution is -0.183. The number of carboxylic acids is 1. The first kappa shape index (κ1) is 13.9. The molecule has 128 valence electrons. The van der Waals surface area contributed by atoms with E-state index >= 15 is 0 Å². The van der Waals surface area contributed by atoms with Gasteiger partial charge >= 0.3 is 11.9 Å². The maximum atomic E-state index is 12.8. The van der Waals surface area contributed by atoms with E-state index < -0.39 is 34.9 Å². The lowest BCUT2D eigenvalue weighted by atomic mass is 9.54. The molecular weight excluding hydrogens is 308 g/mol. The Labute approximate surface area is 140 Å². The highest BCUT2D eigenvalue weighted by Crippen LogP contribution is 2.98. The molecule has 0 aromatic rings. The average Bonchev–Trinajstić information content (AvgIpc) is 2.88. The number of allylic oxidation sites excluding steroid dienone is 1. The number of ether oxygens (including phenoxy) is 1. The Hall–Kier alpha value is -1.36. The van der Waals surface area contributed by atoms with Gasteiger partial charge < -0.3 is 14.9 Å². The Kier molecular flexibility index (Phi) is 1.92. The summed E-state index contributed by atoms with van der Waals surface area (Å²) in [4.78, 5) is 25.2. The second-order valence-corrected chi connectivity index (χ2v) is 9.41. The van der Waals surface area contributed by atoms with Crippen LogP contribution in [0, 0.1) is 39.9 Å². The van der Waals surface area contributed by atoms with Gasteiger partial charge in [-0.25, -0.2) is 0 Å². The van der Waals surface area contributed by atoms with Crippen molar-refractivity contribution in [3.05, 3.63) is 12.2 Å². The zero-order valence-electron chi connectivity index (χ0n) is 13.7. The van der Waals surface area contributed by atoms with E-state index in [-0.39, 0.29) is 22.7 Å². The minimum absolute atomic E-state index is 0.115. The van der Waals surface area contributed by atoms with Gasteiger partial charge in [-0.05, 0) is 50.9 Å². The van der Waals surface area contributed by atoms with Crippen molar-refractivity contribution in [1.82, 2.24) is 0 Å². The molecule has 24 heavy (non-hydrogen) atoms. The number of fused-ring (bicyclic) bond motifs is 1. The van der Waals surface area contributed by atoms with Crippen molar-refractivity contribution in [2.75, 3.05) is 0 Å². The van der Waals surface area contributed by atoms with E-state index in [0.717, 1.165) is 24.8 Å². The summed E-state index contributed by atoms with van der Waals surface area (Å²) < 4.78 is 6.05. The van der Waals surface area contributed by atoms with Crippen LogP contribution in [0.4, 0.5) is 0 Å². The summed E-state index contributed by atoms with van der Waals surface area (Å²) >= 11 is 0. The van der Waals surface area contributed by atoms with Gasteiger partial charge in [0.05, 0.1) is 17.4 Å². The van der Waals surface area contributed by atoms with Gasteiger partial charge in [0, 0.05) is 16.7 Å². The van der Waals surface area contributed by atoms with Crippen LogP contribution >= 0.6 is 0 Å². The summed E-state index contributed by atoms with van der Waals surface area (Å²) in [5.41, 5.74) is -1.34. The van der Waals surface area contributed by atoms with Gasteiger partial charge in [0.2, 0.25) is 0 Å². The lowest BCUT2D eigenvalue weighted by Crippen LogP contribution is -2.59. The van der Waals surface area contributed by atoms with Crippen LogP contribution in [0.3, 0.4) is 0 Å². The van der Waals surface area contributed by atoms with Crippen molar-refractivity contribution >= 4 is 11.9 Å². The van der Waals surface area contributed by atoms with Crippen LogP contribution in [-0.2, 0) is 14.3 Å². The molecule has 0 aromatic carbocycles. The van der Waals surface area contributed by atoms with Crippen LogP contribution in [0.15, 0.2) is 12.2 Å². The molecular formula is C19H22O5. The maximum absolute atomic E-state index is 12.8. The normalized spacial score (nSPS) is 64.5. The molecule has 2 spiro atoms. The molecule has 0 amide bonds. The number of hydrogen-bond acceptors (Lipinski definition) is 4. The summed E-state index contributed by atoms with van der Waals surface area (Å²) in [7, 11) is 0. The number of carboxylic acid groups (broad SMARTS) is 1. The summed E-state index contributed by atoms with van der Waals surface area (Å²) in [6.45, 7) is 6.16. The van der Waals surface area contributed by atoms with Gasteiger partial charge in [-0.15, -0.1) is 0 Å². The summed E-state index contributed by atoms with van der Waals surface area (Å²) in [5, 5.41) is 21.2. The van der Waals surface area contributed by atoms with Crippen molar-refractivity contribution in [1.29, 1.82) is 0 Å². The molecule has 6 aliphatic carbocycles. The molecule has 0 radical (unpaired) electrons. The summed E-state index contributed by atoms with van der Waals surface area (Å²) in [6, 6.07) is 0. The van der Waals surface area contributed by atoms with Gasteiger partial charge in [-0.3, -0.25) is 9.59 Å². The number of esters is 1. The second-order valence-electron chi connectivity index (χ2n) is 9.41. The Bertz CT molecular complexity index is 759. The molecule has 6 saturated carbocycles. The summed E-state index contributed by atoms with van der Waals surface area (Å²) in [5.74, 6) is -1.59. The first-order valence-corrected chi connectivity index (χ1v) is 9.12. The molecule has 6 bridgehead atoms. The first-order valence-electron chi connectivity index (χ1n) is 9.12. The van der Waals surface area contributed by atoms with E-state index in [0.29, 0.717) is 18.8 Å². The van der Waals surface area contributed by atoms with Crippen molar-refractivity contribution in [3.63, 3.8) is 0 Å². The fourth-order valence-electron chi connectivity index (χ4n) is 8.84. The van der Waals surface area contributed by atoms with Gasteiger partial charge in [-0.2, -0.15) is 0 Å². The van der Waals surface area contributed by atoms with Crippen LogP contribution in [0.5, 0.6) is 0 Å². The third-order valence-electron chi connectivity index (χ3n) is 9.28. The number of aliphatic carboxylic acids is 1. The smallest absolute Gasteiger partial charge is 0.312 e. The van der Waals surface area contributed by atoms with Crippen LogP contribution in [0.25, 0.3) is 0 Å². The number of carbonyl (C=O) groups is 2. The van der Waals surface area contributed by atoms with Gasteiger partial charge in [0.15, 0.2) is 0 Å². The third-order valence-corrected chi connectivity index (χ3v) is 9.28. The lowest BCUT2D eigenvalue weighted by Gasteiger charge is -2.49. The monoisotopic (exact) mass is 330 g/mol. The second kappa shape index (κ2) is 3.33. The topological polar surface area (TPSA) is 83.8 Å². The van der Waals surface area contributed by atoms with Crippen molar-refractivity contribution in [2.24, 2.45) is 39.9 Å². The van der Waals surface area contributed by atoms with E-state index in [1.165, 1.54) is 0 Å². The standard InChI is InChI=1S/C19H22O5/c1-8-9-3-6-18-12(8)17(18,7-9)11(14(21)22)13-16(2)5-4-10(20)19(13,18)24-15(16)23/h9-13,20H,1,3-7H2,2H3,(H,21,22). The average molecular weight is 330 g/mol. The Morgan fingerprint density at radius 2 is 2.08 bits per heavy atom. The number of carbonyl (C=O) groups excluding carboxylic acids is 1. The minimum atomic E-state index is -1.00. The highest BCUT2D eigenvalue weighted by Gasteiger charge is 3.01. The minimum Gasteiger partial charge on any atom is -0.481 e. The Morgan fingerprint density at radius 3 is 2.79 bits per heavy atom. The zero-order valence-corrected chi connectivity index (χ0v) is 13.7. The Balaban J connectivity index is 1.68. The molecule has 1 saturated heterocycles. The van der Waals surface area contributed by atoms with E-state index in [2.05, 4.69) is 6.58 Å². The van der Waals surface area contributed by atoms with Gasteiger partial charge in [0.25, 0.3) is 0 Å². The van der Waals surface area contributed by atoms with E-state index in [9.17, 15) is 19.8 Å². The maximum Gasteiger partial charge on any atom is 0.312 e. The highest BCUT2D eigenvalue weighted by atomic mass is 16.6. The first-order chi connectivity index (χ1) is 11.3. The predicted octanol–water partition coefficient (Wildman–Crippen LogP) is 1.75. The number of aliphatic hydroxyl groups is 1. The van der Waals surface area contributed by atoms with Crippen molar-refractivity contribution < 1.29 is 24.5 Å². The predicted molar refractivity (Wildman–Crippen MR) is 81.6 cm³/mol. The molecule has 7 rings (SSSR count). The fourth-order valence-corrected chi connectivity index (χ4v) is 8.84. The van der Waals surface area contributed by atoms with Crippen LogP contribution in [0.1, 0.15) is 39.0 Å². The van der Waals surface area contributed by atoms with Gasteiger partial charge in [0.1, 0.15) is 5.60 Å². The Morgan fingerprint density at radius 1 is 1.33 bits per heavy atom. The van der Waals surface area contributed by atoms with Crippen LogP contribution < -0.4 is 0 Å². The molecule has 1 heterocycles. The van der Waals surface area contributed by atoms with E-state index in [1.807, 2.05) is 6.92 Å². The fraction of sp³-hybridized carbons (Fsp3) is 0.789. The molecule has 5 heteroatoms. The van der Waals surface area contributed by atoms with E-state index in [4.69, 9.17) is 4.74 Å². The van der Waals surface area contributed by atoms with E-state index in [1.54, 1.807) is 0 Å².